The minimum Gasteiger partial charge on any atom is -0.326 e. The topological polar surface area (TPSA) is 49.3 Å². The second-order valence-corrected chi connectivity index (χ2v) is 11.4. The van der Waals surface area contributed by atoms with Gasteiger partial charge in [-0.15, -0.1) is 0 Å². The van der Waals surface area contributed by atoms with E-state index in [4.69, 9.17) is 0 Å². The van der Waals surface area contributed by atoms with Gasteiger partial charge in [0.15, 0.2) is 0 Å². The standard InChI is InChI=1S/C24H20NO2PS/c26-28(27,29-16-17-5-2-1-3-6-17)25-15-21-12-11-20-10-9-18-7-4-8-19-13-14-22(21)24(20)23(18)19/h1-14H,15-16H2,(H2,25,26,27). The minimum atomic E-state index is -3.50. The van der Waals surface area contributed by atoms with Crippen LogP contribution in [0.5, 0.6) is 0 Å². The molecule has 2 N–H and O–H groups in total. The van der Waals surface area contributed by atoms with Gasteiger partial charge in [-0.05, 0) is 54.8 Å². The number of benzene rings is 5. The summed E-state index contributed by atoms with van der Waals surface area (Å²) in [6.45, 7) is -3.15. The van der Waals surface area contributed by atoms with Crippen molar-refractivity contribution in [2.24, 2.45) is 0 Å². The van der Waals surface area contributed by atoms with Gasteiger partial charge in [0.05, 0.1) is 0 Å². The van der Waals surface area contributed by atoms with Crippen LogP contribution < -0.4 is 5.09 Å². The van der Waals surface area contributed by atoms with E-state index in [0.29, 0.717) is 12.3 Å². The Morgan fingerprint density at radius 1 is 0.759 bits per heavy atom. The zero-order valence-corrected chi connectivity index (χ0v) is 17.4. The van der Waals surface area contributed by atoms with Gasteiger partial charge in [-0.25, -0.2) is 5.09 Å². The van der Waals surface area contributed by atoms with Gasteiger partial charge in [0, 0.05) is 12.3 Å². The van der Waals surface area contributed by atoms with E-state index < -0.39 is 6.72 Å². The summed E-state index contributed by atoms with van der Waals surface area (Å²) in [6.07, 6.45) is 0. The monoisotopic (exact) mass is 417 g/mol. The van der Waals surface area contributed by atoms with E-state index in [9.17, 15) is 9.46 Å². The quantitative estimate of drug-likeness (QED) is 0.238. The molecule has 0 saturated heterocycles. The van der Waals surface area contributed by atoms with Crippen molar-refractivity contribution >= 4 is 50.4 Å². The summed E-state index contributed by atoms with van der Waals surface area (Å²) in [5, 5.41) is 10.1. The Morgan fingerprint density at radius 2 is 1.41 bits per heavy atom. The van der Waals surface area contributed by atoms with Crippen molar-refractivity contribution in [3.63, 3.8) is 0 Å². The predicted molar refractivity (Wildman–Crippen MR) is 125 cm³/mol. The van der Waals surface area contributed by atoms with Gasteiger partial charge < -0.3 is 4.89 Å². The third-order valence-corrected chi connectivity index (χ3v) is 8.53. The van der Waals surface area contributed by atoms with E-state index in [2.05, 4.69) is 59.7 Å². The average molecular weight is 417 g/mol. The molecule has 144 valence electrons. The van der Waals surface area contributed by atoms with Crippen molar-refractivity contribution in [3.8, 4) is 0 Å². The molecule has 0 aliphatic carbocycles. The first-order valence-corrected chi connectivity index (χ1v) is 12.8. The van der Waals surface area contributed by atoms with Crippen molar-refractivity contribution in [2.75, 3.05) is 0 Å². The molecule has 29 heavy (non-hydrogen) atoms. The van der Waals surface area contributed by atoms with E-state index in [-0.39, 0.29) is 0 Å². The summed E-state index contributed by atoms with van der Waals surface area (Å²) in [6, 6.07) is 28.8. The molecule has 5 aromatic carbocycles. The molecular weight excluding hydrogens is 397 g/mol. The highest BCUT2D eigenvalue weighted by molar-refractivity contribution is 8.55. The highest BCUT2D eigenvalue weighted by Crippen LogP contribution is 2.52. The van der Waals surface area contributed by atoms with Crippen LogP contribution in [-0.4, -0.2) is 4.89 Å². The molecule has 3 nitrogen and oxygen atoms in total. The van der Waals surface area contributed by atoms with E-state index in [1.54, 1.807) is 0 Å². The molecule has 0 aromatic heterocycles. The van der Waals surface area contributed by atoms with Crippen LogP contribution in [0.1, 0.15) is 11.1 Å². The Labute approximate surface area is 173 Å². The summed E-state index contributed by atoms with van der Waals surface area (Å²) in [4.78, 5) is 10.4. The lowest BCUT2D eigenvalue weighted by Gasteiger charge is -2.16. The van der Waals surface area contributed by atoms with Crippen molar-refractivity contribution < 1.29 is 9.46 Å². The van der Waals surface area contributed by atoms with E-state index in [1.807, 2.05) is 30.3 Å². The average Bonchev–Trinajstić information content (AvgIpc) is 2.76. The fourth-order valence-electron chi connectivity index (χ4n) is 3.92. The molecule has 5 heteroatoms. The maximum absolute atomic E-state index is 12.6. The van der Waals surface area contributed by atoms with Crippen molar-refractivity contribution in [2.45, 2.75) is 12.3 Å². The van der Waals surface area contributed by atoms with Gasteiger partial charge in [-0.3, -0.25) is 4.57 Å². The fraction of sp³-hybridized carbons (Fsp3) is 0.0833. The Hall–Kier alpha value is -2.36. The van der Waals surface area contributed by atoms with Gasteiger partial charge >= 0.3 is 6.72 Å². The van der Waals surface area contributed by atoms with E-state index in [0.717, 1.165) is 27.9 Å². The molecule has 0 bridgehead atoms. The smallest absolute Gasteiger partial charge is 0.324 e. The molecule has 0 heterocycles. The van der Waals surface area contributed by atoms with Crippen LogP contribution in [0.15, 0.2) is 84.9 Å². The SMILES string of the molecule is O=P(O)(NCc1ccc2ccc3cccc4ccc1c2c34)SCc1ccccc1. The number of hydrogen-bond donors (Lipinski definition) is 2. The van der Waals surface area contributed by atoms with Gasteiger partial charge in [0.2, 0.25) is 0 Å². The molecule has 0 amide bonds. The highest BCUT2D eigenvalue weighted by Gasteiger charge is 2.19. The Bertz CT molecular complexity index is 1340. The largest absolute Gasteiger partial charge is 0.326 e. The lowest BCUT2D eigenvalue weighted by atomic mass is 9.92. The van der Waals surface area contributed by atoms with Crippen molar-refractivity contribution in [1.29, 1.82) is 0 Å². The molecule has 0 saturated carbocycles. The Morgan fingerprint density at radius 3 is 2.17 bits per heavy atom. The maximum Gasteiger partial charge on any atom is 0.324 e. The van der Waals surface area contributed by atoms with E-state index >= 15 is 0 Å². The van der Waals surface area contributed by atoms with Crippen LogP contribution in [0.2, 0.25) is 0 Å². The minimum absolute atomic E-state index is 0.351. The van der Waals surface area contributed by atoms with Crippen LogP contribution >= 0.6 is 18.1 Å². The Balaban J connectivity index is 1.44. The summed E-state index contributed by atoms with van der Waals surface area (Å²) >= 11 is 1.06. The molecule has 0 spiro atoms. The van der Waals surface area contributed by atoms with Gasteiger partial charge in [0.1, 0.15) is 0 Å². The summed E-state index contributed by atoms with van der Waals surface area (Å²) < 4.78 is 12.6. The molecule has 0 aliphatic heterocycles. The third-order valence-electron chi connectivity index (χ3n) is 5.34. The first kappa shape index (κ1) is 18.7. The summed E-state index contributed by atoms with van der Waals surface area (Å²) in [5.74, 6) is 0.500. The van der Waals surface area contributed by atoms with E-state index in [1.165, 1.54) is 26.9 Å². The summed E-state index contributed by atoms with van der Waals surface area (Å²) in [5.41, 5.74) is 2.07. The maximum atomic E-state index is 12.6. The zero-order chi connectivity index (χ0) is 19.8. The molecule has 1 unspecified atom stereocenters. The molecule has 1 atom stereocenters. The highest BCUT2D eigenvalue weighted by atomic mass is 32.7. The van der Waals surface area contributed by atoms with Crippen LogP contribution in [0.4, 0.5) is 0 Å². The lowest BCUT2D eigenvalue weighted by molar-refractivity contribution is 0.482. The molecule has 5 aromatic rings. The molecule has 0 aliphatic rings. The third kappa shape index (κ3) is 3.65. The van der Waals surface area contributed by atoms with Gasteiger partial charge in [0.25, 0.3) is 0 Å². The first-order valence-electron chi connectivity index (χ1n) is 9.52. The zero-order valence-electron chi connectivity index (χ0n) is 15.7. The predicted octanol–water partition coefficient (Wildman–Crippen LogP) is 6.71. The molecule has 5 rings (SSSR count). The second-order valence-electron chi connectivity index (χ2n) is 7.20. The second kappa shape index (κ2) is 7.47. The molecule has 0 radical (unpaired) electrons. The molecular formula is C24H20NO2PS. The van der Waals surface area contributed by atoms with Crippen LogP contribution in [0, 0.1) is 0 Å². The normalized spacial score (nSPS) is 14.0. The lowest BCUT2D eigenvalue weighted by Crippen LogP contribution is -2.08. The first-order chi connectivity index (χ1) is 14.1. The van der Waals surface area contributed by atoms with Gasteiger partial charge in [-0.1, -0.05) is 84.9 Å². The summed E-state index contributed by atoms with van der Waals surface area (Å²) in [7, 11) is 0. The van der Waals surface area contributed by atoms with Crippen LogP contribution in [-0.2, 0) is 16.9 Å². The Kier molecular flexibility index (Phi) is 4.81. The number of hydrogen-bond acceptors (Lipinski definition) is 2. The van der Waals surface area contributed by atoms with Crippen molar-refractivity contribution in [3.05, 3.63) is 96.1 Å². The molecule has 0 fully saturated rings. The number of rotatable bonds is 6. The van der Waals surface area contributed by atoms with Crippen LogP contribution in [0.25, 0.3) is 32.3 Å². The van der Waals surface area contributed by atoms with Crippen molar-refractivity contribution in [1.82, 2.24) is 5.09 Å². The number of nitrogens with one attached hydrogen (secondary N) is 1. The fourth-order valence-corrected chi connectivity index (χ4v) is 6.33. The van der Waals surface area contributed by atoms with Crippen LogP contribution in [0.3, 0.4) is 0 Å². The van der Waals surface area contributed by atoms with Gasteiger partial charge in [-0.2, -0.15) is 0 Å².